The van der Waals surface area contributed by atoms with Crippen LogP contribution in [0, 0.1) is 13.8 Å². The number of pyridine rings is 2. The van der Waals surface area contributed by atoms with Crippen LogP contribution in [0.5, 0.6) is 0 Å². The average Bonchev–Trinajstić information content (AvgIpc) is 3.40. The highest BCUT2D eigenvalue weighted by Crippen LogP contribution is 2.28. The van der Waals surface area contributed by atoms with E-state index in [9.17, 15) is 31.1 Å². The van der Waals surface area contributed by atoms with E-state index in [1.165, 1.54) is 5.56 Å². The van der Waals surface area contributed by atoms with E-state index in [-0.39, 0.29) is 11.9 Å². The number of piperazine rings is 1. The monoisotopic (exact) mass is 654 g/mol. The summed E-state index contributed by atoms with van der Waals surface area (Å²) in [5.74, 6) is -5.55. The summed E-state index contributed by atoms with van der Waals surface area (Å²) in [5, 5.41) is 23.2. The number of carboxylic acid groups (broad SMARTS) is 2. The second-order valence-electron chi connectivity index (χ2n) is 10.1. The SMILES string of the molecule is Cc1ccc(-c2ccc3c(C4CN(C(=O)c5cccc(C)n5)CCN4C)nnn3c2)cc1.O=C(O)C(F)(F)F.O=C(O)C(F)(F)F. The van der Waals surface area contributed by atoms with E-state index < -0.39 is 24.3 Å². The van der Waals surface area contributed by atoms with Crippen LogP contribution in [0.3, 0.4) is 0 Å². The molecule has 0 aliphatic carbocycles. The Labute approximate surface area is 257 Å². The number of benzene rings is 1. The van der Waals surface area contributed by atoms with Gasteiger partial charge < -0.3 is 15.1 Å². The lowest BCUT2D eigenvalue weighted by Crippen LogP contribution is -2.49. The van der Waals surface area contributed by atoms with Gasteiger partial charge in [-0.3, -0.25) is 9.69 Å². The van der Waals surface area contributed by atoms with Gasteiger partial charge in [-0.2, -0.15) is 26.3 Å². The van der Waals surface area contributed by atoms with Crippen LogP contribution in [0.1, 0.15) is 33.5 Å². The fourth-order valence-electron chi connectivity index (χ4n) is 4.25. The van der Waals surface area contributed by atoms with Crippen LogP contribution in [0.25, 0.3) is 16.6 Å². The lowest BCUT2D eigenvalue weighted by molar-refractivity contribution is -0.193. The van der Waals surface area contributed by atoms with Crippen LogP contribution in [-0.4, -0.2) is 96.7 Å². The molecule has 0 radical (unpaired) electrons. The molecule has 1 aliphatic heterocycles. The second kappa shape index (κ2) is 14.4. The lowest BCUT2D eigenvalue weighted by Gasteiger charge is -2.38. The highest BCUT2D eigenvalue weighted by molar-refractivity contribution is 5.92. The number of alkyl halides is 6. The van der Waals surface area contributed by atoms with Crippen LogP contribution in [0.4, 0.5) is 26.3 Å². The number of fused-ring (bicyclic) bond motifs is 1. The van der Waals surface area contributed by atoms with Crippen LogP contribution in [-0.2, 0) is 9.59 Å². The largest absolute Gasteiger partial charge is 0.490 e. The quantitative estimate of drug-likeness (QED) is 0.298. The highest BCUT2D eigenvalue weighted by atomic mass is 19.4. The normalized spacial score (nSPS) is 15.3. The maximum Gasteiger partial charge on any atom is 0.490 e. The van der Waals surface area contributed by atoms with Crippen molar-refractivity contribution in [1.82, 2.24) is 29.6 Å². The van der Waals surface area contributed by atoms with Crippen LogP contribution < -0.4 is 0 Å². The van der Waals surface area contributed by atoms with Crippen LogP contribution in [0.2, 0.25) is 0 Å². The zero-order valence-electron chi connectivity index (χ0n) is 24.5. The van der Waals surface area contributed by atoms with Crippen molar-refractivity contribution in [2.45, 2.75) is 32.2 Å². The van der Waals surface area contributed by atoms with Crippen molar-refractivity contribution < 1.29 is 50.9 Å². The Kier molecular flexibility index (Phi) is 11.1. The third kappa shape index (κ3) is 9.23. The van der Waals surface area contributed by atoms with Gasteiger partial charge in [-0.15, -0.1) is 5.10 Å². The van der Waals surface area contributed by atoms with Crippen molar-refractivity contribution in [3.05, 3.63) is 83.4 Å². The summed E-state index contributed by atoms with van der Waals surface area (Å²) in [6.45, 7) is 5.97. The Hall–Kier alpha value is -5.06. The van der Waals surface area contributed by atoms with Gasteiger partial charge in [0.1, 0.15) is 11.4 Å². The average molecular weight is 655 g/mol. The van der Waals surface area contributed by atoms with Gasteiger partial charge >= 0.3 is 24.3 Å². The molecule has 1 fully saturated rings. The Balaban J connectivity index is 0.000000345. The smallest absolute Gasteiger partial charge is 0.475 e. The first-order valence-electron chi connectivity index (χ1n) is 13.3. The number of rotatable bonds is 3. The number of hydrogen-bond donors (Lipinski definition) is 2. The molecular formula is C29H28F6N6O5. The predicted molar refractivity (Wildman–Crippen MR) is 151 cm³/mol. The number of amides is 1. The van der Waals surface area contributed by atoms with Gasteiger partial charge in [0.15, 0.2) is 0 Å². The van der Waals surface area contributed by atoms with Gasteiger partial charge in [-0.05, 0) is 44.7 Å². The molecule has 1 atom stereocenters. The second-order valence-corrected chi connectivity index (χ2v) is 10.1. The number of halogens is 6. The summed E-state index contributed by atoms with van der Waals surface area (Å²) < 4.78 is 65.3. The lowest BCUT2D eigenvalue weighted by atomic mass is 10.0. The van der Waals surface area contributed by atoms with Crippen molar-refractivity contribution >= 4 is 23.4 Å². The van der Waals surface area contributed by atoms with E-state index in [2.05, 4.69) is 70.6 Å². The molecule has 17 heteroatoms. The molecule has 46 heavy (non-hydrogen) atoms. The fourth-order valence-corrected chi connectivity index (χ4v) is 4.25. The summed E-state index contributed by atoms with van der Waals surface area (Å²) in [6.07, 6.45) is -8.15. The number of likely N-dealkylation sites (N-methyl/N-ethyl adjacent to an activating group) is 1. The van der Waals surface area contributed by atoms with Crippen molar-refractivity contribution in [2.75, 3.05) is 26.7 Å². The Morgan fingerprint density at radius 1 is 0.826 bits per heavy atom. The molecule has 1 saturated heterocycles. The Morgan fingerprint density at radius 3 is 1.93 bits per heavy atom. The number of hydrogen-bond acceptors (Lipinski definition) is 7. The summed E-state index contributed by atoms with van der Waals surface area (Å²) >= 11 is 0. The third-order valence-corrected chi connectivity index (χ3v) is 6.67. The number of aryl methyl sites for hydroxylation is 2. The van der Waals surface area contributed by atoms with Gasteiger partial charge in [0.25, 0.3) is 5.91 Å². The molecule has 0 bridgehead atoms. The number of nitrogens with zero attached hydrogens (tertiary/aromatic N) is 6. The molecule has 1 unspecified atom stereocenters. The summed E-state index contributed by atoms with van der Waals surface area (Å²) in [5.41, 5.74) is 6.65. The van der Waals surface area contributed by atoms with E-state index in [0.717, 1.165) is 34.6 Å². The van der Waals surface area contributed by atoms with Gasteiger partial charge in [-0.1, -0.05) is 47.2 Å². The zero-order chi connectivity index (χ0) is 34.4. The molecule has 5 rings (SSSR count). The molecule has 1 aliphatic rings. The molecule has 2 N–H and O–H groups in total. The third-order valence-electron chi connectivity index (χ3n) is 6.67. The van der Waals surface area contributed by atoms with Gasteiger partial charge in [-0.25, -0.2) is 19.1 Å². The molecule has 1 amide bonds. The molecular weight excluding hydrogens is 626 g/mol. The van der Waals surface area contributed by atoms with Gasteiger partial charge in [0.05, 0.1) is 11.6 Å². The maximum atomic E-state index is 13.1. The highest BCUT2D eigenvalue weighted by Gasteiger charge is 2.39. The van der Waals surface area contributed by atoms with Gasteiger partial charge in [0.2, 0.25) is 0 Å². The minimum absolute atomic E-state index is 0.0276. The fraction of sp³-hybridized carbons (Fsp3) is 0.310. The first-order chi connectivity index (χ1) is 21.4. The standard InChI is InChI=1S/C25H26N6O.2C2HF3O2/c1-17-7-9-19(10-8-17)20-11-12-22-24(27-28-31(22)15-20)23-16-30(14-13-29(23)3)25(32)21-6-4-5-18(2)26-21;2*3-2(4,5)1(6)7/h4-12,15,23H,13-14,16H2,1-3H3;2*(H,6,7). The van der Waals surface area contributed by atoms with Crippen LogP contribution in [0.15, 0.2) is 60.8 Å². The van der Waals surface area contributed by atoms with Crippen molar-refractivity contribution in [3.63, 3.8) is 0 Å². The first kappa shape index (κ1) is 35.4. The maximum absolute atomic E-state index is 13.1. The van der Waals surface area contributed by atoms with E-state index in [1.807, 2.05) is 34.7 Å². The Bertz CT molecular complexity index is 1670. The number of carbonyl (C=O) groups excluding carboxylic acids is 1. The number of carboxylic acids is 2. The van der Waals surface area contributed by atoms with Crippen molar-refractivity contribution in [1.29, 1.82) is 0 Å². The first-order valence-corrected chi connectivity index (χ1v) is 13.3. The summed E-state index contributed by atoms with van der Waals surface area (Å²) in [4.78, 5) is 39.4. The summed E-state index contributed by atoms with van der Waals surface area (Å²) in [7, 11) is 2.07. The number of carbonyl (C=O) groups is 3. The molecule has 4 aromatic rings. The van der Waals surface area contributed by atoms with Gasteiger partial charge in [0, 0.05) is 37.1 Å². The molecule has 0 saturated carbocycles. The molecule has 0 spiro atoms. The molecule has 11 nitrogen and oxygen atoms in total. The van der Waals surface area contributed by atoms with Crippen LogP contribution >= 0.6 is 0 Å². The van der Waals surface area contributed by atoms with Crippen molar-refractivity contribution in [3.8, 4) is 11.1 Å². The predicted octanol–water partition coefficient (Wildman–Crippen LogP) is 4.80. The number of aliphatic carboxylic acids is 2. The number of aromatic nitrogens is 4. The minimum Gasteiger partial charge on any atom is -0.475 e. The molecule has 1 aromatic carbocycles. The Morgan fingerprint density at radius 2 is 1.39 bits per heavy atom. The minimum atomic E-state index is -5.08. The zero-order valence-corrected chi connectivity index (χ0v) is 24.5. The molecule has 3 aromatic heterocycles. The van der Waals surface area contributed by atoms with E-state index in [0.29, 0.717) is 18.8 Å². The van der Waals surface area contributed by atoms with E-state index in [4.69, 9.17) is 19.8 Å². The molecule has 4 heterocycles. The van der Waals surface area contributed by atoms with E-state index >= 15 is 0 Å². The van der Waals surface area contributed by atoms with Crippen molar-refractivity contribution in [2.24, 2.45) is 0 Å². The molecule has 246 valence electrons. The summed E-state index contributed by atoms with van der Waals surface area (Å²) in [6, 6.07) is 18.2. The van der Waals surface area contributed by atoms with E-state index in [1.54, 1.807) is 6.07 Å². The topological polar surface area (TPSA) is 141 Å².